The molecule has 2 nitrogen and oxygen atoms in total. The lowest BCUT2D eigenvalue weighted by Gasteiger charge is -2.03. The second kappa shape index (κ2) is 5.02. The molecule has 1 aromatic heterocycles. The number of aromatic nitrogens is 1. The van der Waals surface area contributed by atoms with Gasteiger partial charge in [-0.1, -0.05) is 30.0 Å². The Labute approximate surface area is 116 Å². The lowest BCUT2D eigenvalue weighted by Crippen LogP contribution is -1.81. The molecule has 0 saturated heterocycles. The second-order valence-corrected chi connectivity index (χ2v) is 5.60. The van der Waals surface area contributed by atoms with Crippen LogP contribution >= 0.6 is 11.8 Å². The molecule has 0 aliphatic carbocycles. The summed E-state index contributed by atoms with van der Waals surface area (Å²) in [6.07, 6.45) is 2.06. The van der Waals surface area contributed by atoms with Crippen LogP contribution in [0.15, 0.2) is 58.5 Å². The van der Waals surface area contributed by atoms with Crippen LogP contribution in [0, 0.1) is 6.92 Å². The van der Waals surface area contributed by atoms with Crippen LogP contribution in [-0.2, 0) is 0 Å². The van der Waals surface area contributed by atoms with E-state index in [0.29, 0.717) is 0 Å². The van der Waals surface area contributed by atoms with E-state index in [4.69, 9.17) is 4.74 Å². The summed E-state index contributed by atoms with van der Waals surface area (Å²) in [5.74, 6) is 0.890. The van der Waals surface area contributed by atoms with Gasteiger partial charge in [-0.05, 0) is 36.8 Å². The second-order valence-electron chi connectivity index (χ2n) is 4.48. The molecule has 0 radical (unpaired) electrons. The first-order chi connectivity index (χ1) is 9.26. The Morgan fingerprint density at radius 3 is 2.84 bits per heavy atom. The summed E-state index contributed by atoms with van der Waals surface area (Å²) in [6, 6.07) is 14.6. The summed E-state index contributed by atoms with van der Waals surface area (Å²) in [5, 5.41) is 1.26. The van der Waals surface area contributed by atoms with Crippen molar-refractivity contribution in [2.24, 2.45) is 0 Å². The molecule has 3 heteroatoms. The zero-order valence-electron chi connectivity index (χ0n) is 10.9. The van der Waals surface area contributed by atoms with E-state index in [9.17, 15) is 0 Å². The van der Waals surface area contributed by atoms with E-state index in [0.717, 1.165) is 5.75 Å². The highest BCUT2D eigenvalue weighted by molar-refractivity contribution is 7.99. The molecule has 96 valence electrons. The van der Waals surface area contributed by atoms with E-state index in [1.807, 2.05) is 12.1 Å². The predicted molar refractivity (Wildman–Crippen MR) is 80.2 cm³/mol. The van der Waals surface area contributed by atoms with Crippen LogP contribution in [0.3, 0.4) is 0 Å². The molecule has 0 atom stereocenters. The summed E-state index contributed by atoms with van der Waals surface area (Å²) < 4.78 is 5.26. The van der Waals surface area contributed by atoms with Crippen LogP contribution in [0.25, 0.3) is 10.9 Å². The third kappa shape index (κ3) is 2.47. The molecule has 0 unspecified atom stereocenters. The van der Waals surface area contributed by atoms with Crippen molar-refractivity contribution in [1.29, 1.82) is 0 Å². The largest absolute Gasteiger partial charge is 0.497 e. The lowest BCUT2D eigenvalue weighted by molar-refractivity contribution is 0.413. The predicted octanol–water partition coefficient (Wildman–Crippen LogP) is 4.64. The van der Waals surface area contributed by atoms with Gasteiger partial charge in [0, 0.05) is 26.9 Å². The number of hydrogen-bond donors (Lipinski definition) is 1. The van der Waals surface area contributed by atoms with Crippen LogP contribution in [0.2, 0.25) is 0 Å². The van der Waals surface area contributed by atoms with Gasteiger partial charge in [0.25, 0.3) is 0 Å². The molecular weight excluding hydrogens is 254 g/mol. The number of nitrogens with one attached hydrogen (secondary N) is 1. The number of fused-ring (bicyclic) bond motifs is 1. The van der Waals surface area contributed by atoms with Gasteiger partial charge in [-0.2, -0.15) is 0 Å². The molecule has 0 bridgehead atoms. The average Bonchev–Trinajstić information content (AvgIpc) is 2.81. The SMILES string of the molecule is COc1cccc(Sc2c[nH]c3cc(C)ccc23)c1. The van der Waals surface area contributed by atoms with E-state index in [1.165, 1.54) is 26.3 Å². The fourth-order valence-corrected chi connectivity index (χ4v) is 3.07. The molecule has 0 saturated carbocycles. The molecule has 1 heterocycles. The van der Waals surface area contributed by atoms with Gasteiger partial charge in [-0.25, -0.2) is 0 Å². The summed E-state index contributed by atoms with van der Waals surface area (Å²) in [5.41, 5.74) is 2.46. The van der Waals surface area contributed by atoms with Crippen LogP contribution < -0.4 is 4.74 Å². The lowest BCUT2D eigenvalue weighted by atomic mass is 10.2. The Hall–Kier alpha value is -1.87. The number of rotatable bonds is 3. The van der Waals surface area contributed by atoms with Gasteiger partial charge in [-0.15, -0.1) is 0 Å². The van der Waals surface area contributed by atoms with E-state index in [1.54, 1.807) is 18.9 Å². The van der Waals surface area contributed by atoms with Crippen LogP contribution in [0.1, 0.15) is 5.56 Å². The Balaban J connectivity index is 1.96. The summed E-state index contributed by atoms with van der Waals surface area (Å²) >= 11 is 1.75. The number of aromatic amines is 1. The van der Waals surface area contributed by atoms with Gasteiger partial charge in [0.2, 0.25) is 0 Å². The molecule has 19 heavy (non-hydrogen) atoms. The molecule has 0 fully saturated rings. The zero-order valence-corrected chi connectivity index (χ0v) is 11.8. The van der Waals surface area contributed by atoms with E-state index in [2.05, 4.69) is 48.4 Å². The maximum absolute atomic E-state index is 5.26. The summed E-state index contributed by atoms with van der Waals surface area (Å²) in [4.78, 5) is 5.75. The first-order valence-corrected chi connectivity index (χ1v) is 6.97. The summed E-state index contributed by atoms with van der Waals surface area (Å²) in [7, 11) is 1.69. The normalized spacial score (nSPS) is 10.8. The number of methoxy groups -OCH3 is 1. The number of ether oxygens (including phenoxy) is 1. The van der Waals surface area contributed by atoms with Crippen molar-refractivity contribution in [3.05, 3.63) is 54.2 Å². The standard InChI is InChI=1S/C16H15NOS/c1-11-6-7-14-15(8-11)17-10-16(14)19-13-5-3-4-12(9-13)18-2/h3-10,17H,1-2H3. The van der Waals surface area contributed by atoms with Gasteiger partial charge in [0.05, 0.1) is 7.11 Å². The van der Waals surface area contributed by atoms with Crippen molar-refractivity contribution >= 4 is 22.7 Å². The molecule has 0 aliphatic rings. The van der Waals surface area contributed by atoms with E-state index < -0.39 is 0 Å². The fraction of sp³-hybridized carbons (Fsp3) is 0.125. The van der Waals surface area contributed by atoms with Crippen LogP contribution in [-0.4, -0.2) is 12.1 Å². The number of aryl methyl sites for hydroxylation is 1. The molecule has 0 aliphatic heterocycles. The van der Waals surface area contributed by atoms with Crippen molar-refractivity contribution < 1.29 is 4.74 Å². The Morgan fingerprint density at radius 2 is 2.00 bits per heavy atom. The van der Waals surface area contributed by atoms with Gasteiger partial charge in [-0.3, -0.25) is 0 Å². The molecule has 3 rings (SSSR count). The van der Waals surface area contributed by atoms with Gasteiger partial charge in [0.15, 0.2) is 0 Å². The maximum atomic E-state index is 5.26. The quantitative estimate of drug-likeness (QED) is 0.749. The highest BCUT2D eigenvalue weighted by Gasteiger charge is 2.06. The van der Waals surface area contributed by atoms with Crippen molar-refractivity contribution in [2.45, 2.75) is 16.7 Å². The molecule has 3 aromatic rings. The van der Waals surface area contributed by atoms with Gasteiger partial charge < -0.3 is 9.72 Å². The Morgan fingerprint density at radius 1 is 1.11 bits per heavy atom. The summed E-state index contributed by atoms with van der Waals surface area (Å²) in [6.45, 7) is 2.11. The maximum Gasteiger partial charge on any atom is 0.119 e. The minimum Gasteiger partial charge on any atom is -0.497 e. The van der Waals surface area contributed by atoms with Crippen molar-refractivity contribution in [2.75, 3.05) is 7.11 Å². The minimum atomic E-state index is 0.890. The van der Waals surface area contributed by atoms with Gasteiger partial charge in [0.1, 0.15) is 5.75 Å². The molecule has 1 N–H and O–H groups in total. The third-order valence-corrected chi connectivity index (χ3v) is 4.12. The van der Waals surface area contributed by atoms with Crippen LogP contribution in [0.4, 0.5) is 0 Å². The van der Waals surface area contributed by atoms with E-state index in [-0.39, 0.29) is 0 Å². The van der Waals surface area contributed by atoms with Crippen molar-refractivity contribution in [3.63, 3.8) is 0 Å². The van der Waals surface area contributed by atoms with Crippen LogP contribution in [0.5, 0.6) is 5.75 Å². The molecule has 0 amide bonds. The molecule has 0 spiro atoms. The van der Waals surface area contributed by atoms with E-state index >= 15 is 0 Å². The zero-order chi connectivity index (χ0) is 13.2. The number of H-pyrrole nitrogens is 1. The Bertz CT molecular complexity index is 718. The number of benzene rings is 2. The topological polar surface area (TPSA) is 25.0 Å². The van der Waals surface area contributed by atoms with Crippen molar-refractivity contribution in [1.82, 2.24) is 4.98 Å². The highest BCUT2D eigenvalue weighted by atomic mass is 32.2. The highest BCUT2D eigenvalue weighted by Crippen LogP contribution is 2.35. The average molecular weight is 269 g/mol. The molecule has 2 aromatic carbocycles. The third-order valence-electron chi connectivity index (χ3n) is 3.07. The number of hydrogen-bond acceptors (Lipinski definition) is 2. The minimum absolute atomic E-state index is 0.890. The smallest absolute Gasteiger partial charge is 0.119 e. The molecular formula is C16H15NOS. The first kappa shape index (κ1) is 12.2. The fourth-order valence-electron chi connectivity index (χ4n) is 2.09. The first-order valence-electron chi connectivity index (χ1n) is 6.16. The Kier molecular flexibility index (Phi) is 3.22. The monoisotopic (exact) mass is 269 g/mol. The van der Waals surface area contributed by atoms with Gasteiger partial charge >= 0.3 is 0 Å². The van der Waals surface area contributed by atoms with Crippen molar-refractivity contribution in [3.8, 4) is 5.75 Å².